The van der Waals surface area contributed by atoms with Gasteiger partial charge < -0.3 is 15.4 Å². The van der Waals surface area contributed by atoms with Gasteiger partial charge in [0.05, 0.1) is 7.11 Å². The molecule has 0 bridgehead atoms. The van der Waals surface area contributed by atoms with Gasteiger partial charge in [-0.1, -0.05) is 13.8 Å². The van der Waals surface area contributed by atoms with E-state index >= 15 is 0 Å². The van der Waals surface area contributed by atoms with E-state index in [1.165, 1.54) is 0 Å². The highest BCUT2D eigenvalue weighted by Gasteiger charge is 2.61. The van der Waals surface area contributed by atoms with E-state index < -0.39 is 36.1 Å². The van der Waals surface area contributed by atoms with Gasteiger partial charge in [-0.25, -0.2) is 4.79 Å². The number of halogens is 3. The summed E-state index contributed by atoms with van der Waals surface area (Å²) in [6.45, 7) is 2.87. The molecule has 5 nitrogen and oxygen atoms in total. The van der Waals surface area contributed by atoms with E-state index in [2.05, 4.69) is 15.4 Å². The third-order valence-corrected chi connectivity index (χ3v) is 3.54. The second-order valence-electron chi connectivity index (χ2n) is 5.22. The Balaban J connectivity index is 2.94. The van der Waals surface area contributed by atoms with Crippen molar-refractivity contribution in [1.82, 2.24) is 10.6 Å². The maximum atomic E-state index is 13.2. The zero-order valence-corrected chi connectivity index (χ0v) is 11.6. The second-order valence-corrected chi connectivity index (χ2v) is 5.22. The number of alkyl halides is 3. The molecule has 1 saturated heterocycles. The number of hydrogen-bond donors (Lipinski definition) is 2. The van der Waals surface area contributed by atoms with Gasteiger partial charge in [-0.2, -0.15) is 13.2 Å². The van der Waals surface area contributed by atoms with Crippen LogP contribution >= 0.6 is 0 Å². The number of carbonyl (C=O) groups is 2. The molecular weight excluding hydrogens is 277 g/mol. The molecule has 8 heteroatoms. The van der Waals surface area contributed by atoms with E-state index in [-0.39, 0.29) is 18.9 Å². The van der Waals surface area contributed by atoms with Crippen LogP contribution in [-0.2, 0) is 14.3 Å². The van der Waals surface area contributed by atoms with E-state index in [0.29, 0.717) is 0 Å². The van der Waals surface area contributed by atoms with Crippen molar-refractivity contribution < 1.29 is 27.5 Å². The highest BCUT2D eigenvalue weighted by molar-refractivity contribution is 5.89. The zero-order chi connectivity index (χ0) is 15.6. The molecule has 1 aliphatic heterocycles. The van der Waals surface area contributed by atoms with Crippen LogP contribution in [0.3, 0.4) is 0 Å². The molecule has 1 amide bonds. The monoisotopic (exact) mass is 296 g/mol. The van der Waals surface area contributed by atoms with Crippen molar-refractivity contribution >= 4 is 11.9 Å². The van der Waals surface area contributed by atoms with Crippen LogP contribution in [0.5, 0.6) is 0 Å². The topological polar surface area (TPSA) is 67.4 Å². The Morgan fingerprint density at radius 3 is 2.30 bits per heavy atom. The fourth-order valence-corrected chi connectivity index (χ4v) is 2.16. The highest BCUT2D eigenvalue weighted by atomic mass is 19.4. The van der Waals surface area contributed by atoms with Crippen molar-refractivity contribution in [2.75, 3.05) is 20.2 Å². The van der Waals surface area contributed by atoms with Gasteiger partial charge in [-0.05, 0) is 18.9 Å². The minimum atomic E-state index is -4.67. The van der Waals surface area contributed by atoms with Crippen LogP contribution in [0.2, 0.25) is 0 Å². The fourth-order valence-electron chi connectivity index (χ4n) is 2.16. The average molecular weight is 296 g/mol. The first-order valence-electron chi connectivity index (χ1n) is 6.32. The minimum absolute atomic E-state index is 0.109. The van der Waals surface area contributed by atoms with Gasteiger partial charge in [0.15, 0.2) is 5.41 Å². The second kappa shape index (κ2) is 5.99. The molecule has 2 N–H and O–H groups in total. The minimum Gasteiger partial charge on any atom is -0.467 e. The maximum Gasteiger partial charge on any atom is 0.404 e. The molecule has 0 aromatic carbocycles. The van der Waals surface area contributed by atoms with Gasteiger partial charge in [0.1, 0.15) is 6.04 Å². The molecule has 1 rings (SSSR count). The summed E-state index contributed by atoms with van der Waals surface area (Å²) in [5.41, 5.74) is -2.48. The van der Waals surface area contributed by atoms with Crippen LogP contribution in [0.25, 0.3) is 0 Å². The van der Waals surface area contributed by atoms with Crippen LogP contribution in [0.4, 0.5) is 13.2 Å². The van der Waals surface area contributed by atoms with Gasteiger partial charge in [0, 0.05) is 6.54 Å². The summed E-state index contributed by atoms with van der Waals surface area (Å²) in [4.78, 5) is 23.6. The number of ether oxygens (including phenoxy) is 1. The lowest BCUT2D eigenvalue weighted by Crippen LogP contribution is -2.57. The van der Waals surface area contributed by atoms with Crippen molar-refractivity contribution in [1.29, 1.82) is 0 Å². The highest BCUT2D eigenvalue weighted by Crippen LogP contribution is 2.43. The molecule has 20 heavy (non-hydrogen) atoms. The van der Waals surface area contributed by atoms with Crippen LogP contribution < -0.4 is 10.6 Å². The van der Waals surface area contributed by atoms with Crippen LogP contribution in [0.1, 0.15) is 20.3 Å². The number of amides is 1. The Labute approximate surface area is 115 Å². The van der Waals surface area contributed by atoms with Gasteiger partial charge >= 0.3 is 12.1 Å². The fraction of sp³-hybridized carbons (Fsp3) is 0.833. The van der Waals surface area contributed by atoms with Crippen LogP contribution in [-0.4, -0.2) is 44.3 Å². The quantitative estimate of drug-likeness (QED) is 0.755. The SMILES string of the molecule is COC(=O)C(NC(=O)C1(C(F)(F)F)CCNC1)C(C)C. The van der Waals surface area contributed by atoms with Gasteiger partial charge in [-0.3, -0.25) is 4.79 Å². The predicted molar refractivity (Wildman–Crippen MR) is 64.8 cm³/mol. The Morgan fingerprint density at radius 2 is 1.95 bits per heavy atom. The summed E-state index contributed by atoms with van der Waals surface area (Å²) in [5, 5.41) is 4.73. The first-order chi connectivity index (χ1) is 9.15. The number of nitrogens with one attached hydrogen (secondary N) is 2. The van der Waals surface area contributed by atoms with Gasteiger partial charge in [0.25, 0.3) is 0 Å². The molecule has 1 aliphatic rings. The lowest BCUT2D eigenvalue weighted by Gasteiger charge is -2.31. The van der Waals surface area contributed by atoms with Gasteiger partial charge in [-0.15, -0.1) is 0 Å². The molecule has 2 atom stereocenters. The third-order valence-electron chi connectivity index (χ3n) is 3.54. The molecule has 1 heterocycles. The summed E-state index contributed by atoms with van der Waals surface area (Å²) in [7, 11) is 1.13. The molecular formula is C12H19F3N2O3. The summed E-state index contributed by atoms with van der Waals surface area (Å²) in [5.74, 6) is -2.30. The van der Waals surface area contributed by atoms with Crippen molar-refractivity contribution in [3.05, 3.63) is 0 Å². The Hall–Kier alpha value is -1.31. The molecule has 0 saturated carbocycles. The van der Waals surface area contributed by atoms with E-state index in [1.54, 1.807) is 13.8 Å². The first kappa shape index (κ1) is 16.7. The van der Waals surface area contributed by atoms with Gasteiger partial charge in [0.2, 0.25) is 5.91 Å². The number of rotatable bonds is 4. The molecule has 0 aromatic rings. The molecule has 116 valence electrons. The van der Waals surface area contributed by atoms with E-state index in [1.807, 2.05) is 0 Å². The smallest absolute Gasteiger partial charge is 0.404 e. The first-order valence-corrected chi connectivity index (χ1v) is 6.32. The summed E-state index contributed by atoms with van der Waals surface area (Å²) in [6, 6.07) is -1.09. The average Bonchev–Trinajstić information content (AvgIpc) is 2.84. The van der Waals surface area contributed by atoms with E-state index in [9.17, 15) is 22.8 Å². The standard InChI is InChI=1S/C12H19F3N2O3/c1-7(2)8(9(18)20-3)17-10(19)11(12(13,14)15)4-5-16-6-11/h7-8,16H,4-6H2,1-3H3,(H,17,19). The van der Waals surface area contributed by atoms with E-state index in [0.717, 1.165) is 7.11 Å². The Morgan fingerprint density at radius 1 is 1.35 bits per heavy atom. The van der Waals surface area contributed by atoms with Crippen LogP contribution in [0.15, 0.2) is 0 Å². The summed E-state index contributed by atoms with van der Waals surface area (Å²) in [6.07, 6.45) is -5.01. The number of hydrogen-bond acceptors (Lipinski definition) is 4. The summed E-state index contributed by atoms with van der Waals surface area (Å²) < 4.78 is 44.1. The normalized spacial score (nSPS) is 24.6. The lowest BCUT2D eigenvalue weighted by atomic mass is 9.84. The lowest BCUT2D eigenvalue weighted by molar-refractivity contribution is -0.216. The number of esters is 1. The van der Waals surface area contributed by atoms with Crippen molar-refractivity contribution in [2.45, 2.75) is 32.5 Å². The molecule has 0 spiro atoms. The van der Waals surface area contributed by atoms with Crippen molar-refractivity contribution in [2.24, 2.45) is 11.3 Å². The third kappa shape index (κ3) is 3.05. The molecule has 0 radical (unpaired) electrons. The summed E-state index contributed by atoms with van der Waals surface area (Å²) >= 11 is 0. The zero-order valence-electron chi connectivity index (χ0n) is 11.6. The Kier molecular flexibility index (Phi) is 5.01. The van der Waals surface area contributed by atoms with Crippen LogP contribution in [0, 0.1) is 11.3 Å². The molecule has 0 aliphatic carbocycles. The van der Waals surface area contributed by atoms with E-state index in [4.69, 9.17) is 0 Å². The molecule has 0 aromatic heterocycles. The number of carbonyl (C=O) groups excluding carboxylic acids is 2. The van der Waals surface area contributed by atoms with Crippen molar-refractivity contribution in [3.8, 4) is 0 Å². The molecule has 1 fully saturated rings. The van der Waals surface area contributed by atoms with Crippen molar-refractivity contribution in [3.63, 3.8) is 0 Å². The maximum absolute atomic E-state index is 13.2. The largest absolute Gasteiger partial charge is 0.467 e. The Bertz CT molecular complexity index is 377. The molecule has 2 unspecified atom stereocenters. The predicted octanol–water partition coefficient (Wildman–Crippen LogP) is 0.842. The number of methoxy groups -OCH3 is 1.